The molecule has 3 aromatic rings. The third-order valence-electron chi connectivity index (χ3n) is 5.05. The zero-order chi connectivity index (χ0) is 18.5. The van der Waals surface area contributed by atoms with E-state index >= 15 is 0 Å². The molecule has 0 spiro atoms. The third-order valence-corrected chi connectivity index (χ3v) is 5.05. The van der Waals surface area contributed by atoms with E-state index in [0.717, 1.165) is 42.8 Å². The Morgan fingerprint density at radius 3 is 2.67 bits per heavy atom. The highest BCUT2D eigenvalue weighted by Gasteiger charge is 2.30. The second-order valence-corrected chi connectivity index (χ2v) is 7.00. The molecule has 27 heavy (non-hydrogen) atoms. The van der Waals surface area contributed by atoms with Crippen molar-refractivity contribution in [2.24, 2.45) is 0 Å². The van der Waals surface area contributed by atoms with Gasteiger partial charge in [0.25, 0.3) is 0 Å². The van der Waals surface area contributed by atoms with Crippen LogP contribution < -0.4 is 0 Å². The molecule has 1 fully saturated rings. The Hall–Kier alpha value is -3.01. The Morgan fingerprint density at radius 2 is 1.85 bits per heavy atom. The number of amides is 1. The summed E-state index contributed by atoms with van der Waals surface area (Å²) >= 11 is 0. The van der Waals surface area contributed by atoms with Gasteiger partial charge in [0.1, 0.15) is 0 Å². The van der Waals surface area contributed by atoms with Crippen molar-refractivity contribution in [1.82, 2.24) is 14.9 Å². The van der Waals surface area contributed by atoms with Gasteiger partial charge in [0.05, 0.1) is 18.2 Å². The normalized spacial score (nSPS) is 16.4. The number of nitrogens with zero attached hydrogens (tertiary/aromatic N) is 3. The summed E-state index contributed by atoms with van der Waals surface area (Å²) in [5.74, 6) is 0.153. The monoisotopic (exact) mass is 357 g/mol. The molecule has 1 unspecified atom stereocenters. The lowest BCUT2D eigenvalue weighted by atomic mass is 10.1. The number of carbonyl (C=O) groups is 1. The van der Waals surface area contributed by atoms with Gasteiger partial charge < -0.3 is 4.90 Å². The highest BCUT2D eigenvalue weighted by Crippen LogP contribution is 2.31. The summed E-state index contributed by atoms with van der Waals surface area (Å²) in [7, 11) is 0. The van der Waals surface area contributed by atoms with E-state index in [1.165, 1.54) is 5.56 Å². The number of aromatic nitrogens is 2. The molecule has 2 aromatic heterocycles. The molecule has 136 valence electrons. The molecule has 1 amide bonds. The highest BCUT2D eigenvalue weighted by molar-refractivity contribution is 5.79. The Balaban J connectivity index is 1.50. The average molecular weight is 357 g/mol. The van der Waals surface area contributed by atoms with Gasteiger partial charge in [-0.2, -0.15) is 0 Å². The first-order valence-corrected chi connectivity index (χ1v) is 9.48. The van der Waals surface area contributed by atoms with Crippen molar-refractivity contribution in [3.63, 3.8) is 0 Å². The van der Waals surface area contributed by atoms with E-state index in [4.69, 9.17) is 4.98 Å². The average Bonchev–Trinajstić information content (AvgIpc) is 3.20. The van der Waals surface area contributed by atoms with E-state index in [-0.39, 0.29) is 11.9 Å². The summed E-state index contributed by atoms with van der Waals surface area (Å²) in [6, 6.07) is 20.4. The largest absolute Gasteiger partial charge is 0.334 e. The fourth-order valence-electron chi connectivity index (χ4n) is 3.74. The Morgan fingerprint density at radius 1 is 1.00 bits per heavy atom. The highest BCUT2D eigenvalue weighted by atomic mass is 16.2. The summed E-state index contributed by atoms with van der Waals surface area (Å²) in [5.41, 5.74) is 4.25. The van der Waals surface area contributed by atoms with Gasteiger partial charge >= 0.3 is 0 Å². The molecule has 0 N–H and O–H groups in total. The van der Waals surface area contributed by atoms with Crippen LogP contribution in [0.3, 0.4) is 0 Å². The summed E-state index contributed by atoms with van der Waals surface area (Å²) in [6.07, 6.45) is 6.70. The Kier molecular flexibility index (Phi) is 5.24. The smallest absolute Gasteiger partial charge is 0.227 e. The van der Waals surface area contributed by atoms with E-state index < -0.39 is 0 Å². The molecule has 1 aliphatic rings. The van der Waals surface area contributed by atoms with Crippen molar-refractivity contribution >= 4 is 5.91 Å². The maximum absolute atomic E-state index is 12.8. The van der Waals surface area contributed by atoms with Crippen LogP contribution in [0.1, 0.15) is 41.4 Å². The molecule has 1 aromatic carbocycles. The standard InChI is InChI=1S/C23H23N3O/c27-23(16-19-9-5-13-24-17-19)26-14-6-12-22(26)21-11-4-10-20(25-21)15-18-7-2-1-3-8-18/h1-5,7-11,13,17,22H,6,12,14-16H2. The van der Waals surface area contributed by atoms with Gasteiger partial charge in [-0.25, -0.2) is 0 Å². The lowest BCUT2D eigenvalue weighted by Crippen LogP contribution is -2.32. The lowest BCUT2D eigenvalue weighted by molar-refractivity contribution is -0.131. The van der Waals surface area contributed by atoms with Crippen molar-refractivity contribution in [1.29, 1.82) is 0 Å². The van der Waals surface area contributed by atoms with Gasteiger partial charge in [0.2, 0.25) is 5.91 Å². The second kappa shape index (κ2) is 8.12. The molecule has 4 heteroatoms. The number of carbonyl (C=O) groups excluding carboxylic acids is 1. The molecule has 0 radical (unpaired) electrons. The predicted molar refractivity (Wildman–Crippen MR) is 105 cm³/mol. The van der Waals surface area contributed by atoms with Crippen LogP contribution in [0.25, 0.3) is 0 Å². The molecular weight excluding hydrogens is 334 g/mol. The first kappa shape index (κ1) is 17.4. The molecule has 0 saturated carbocycles. The zero-order valence-electron chi connectivity index (χ0n) is 15.3. The van der Waals surface area contributed by atoms with E-state index in [9.17, 15) is 4.79 Å². The first-order chi connectivity index (χ1) is 13.3. The zero-order valence-corrected chi connectivity index (χ0v) is 15.3. The van der Waals surface area contributed by atoms with Crippen LogP contribution in [0.5, 0.6) is 0 Å². The summed E-state index contributed by atoms with van der Waals surface area (Å²) in [6.45, 7) is 0.800. The lowest BCUT2D eigenvalue weighted by Gasteiger charge is -2.25. The quantitative estimate of drug-likeness (QED) is 0.694. The van der Waals surface area contributed by atoms with Crippen LogP contribution >= 0.6 is 0 Å². The van der Waals surface area contributed by atoms with Gasteiger partial charge in [0.15, 0.2) is 0 Å². The first-order valence-electron chi connectivity index (χ1n) is 9.48. The Labute approximate surface area is 159 Å². The Bertz CT molecular complexity index is 896. The van der Waals surface area contributed by atoms with Crippen molar-refractivity contribution in [3.8, 4) is 0 Å². The van der Waals surface area contributed by atoms with Crippen molar-refractivity contribution in [3.05, 3.63) is 95.6 Å². The number of pyridine rings is 2. The van der Waals surface area contributed by atoms with Gasteiger partial charge in [-0.05, 0) is 42.2 Å². The third kappa shape index (κ3) is 4.22. The molecule has 4 nitrogen and oxygen atoms in total. The molecule has 1 aliphatic heterocycles. The van der Waals surface area contributed by atoms with Gasteiger partial charge in [-0.3, -0.25) is 14.8 Å². The number of hydrogen-bond acceptors (Lipinski definition) is 3. The minimum Gasteiger partial charge on any atom is -0.334 e. The molecule has 4 rings (SSSR count). The maximum atomic E-state index is 12.8. The molecule has 3 heterocycles. The van der Waals surface area contributed by atoms with Crippen LogP contribution in [0.15, 0.2) is 73.1 Å². The van der Waals surface area contributed by atoms with Crippen molar-refractivity contribution in [2.45, 2.75) is 31.7 Å². The summed E-state index contributed by atoms with van der Waals surface area (Å²) in [4.78, 5) is 23.8. The van der Waals surface area contributed by atoms with Crippen LogP contribution in [-0.2, 0) is 17.6 Å². The van der Waals surface area contributed by atoms with E-state index in [1.54, 1.807) is 12.4 Å². The van der Waals surface area contributed by atoms with Crippen LogP contribution in [0.2, 0.25) is 0 Å². The van der Waals surface area contributed by atoms with Crippen molar-refractivity contribution in [2.75, 3.05) is 6.54 Å². The summed E-state index contributed by atoms with van der Waals surface area (Å²) in [5, 5.41) is 0. The van der Waals surface area contributed by atoms with E-state index in [2.05, 4.69) is 47.4 Å². The SMILES string of the molecule is O=C(Cc1cccnc1)N1CCCC1c1cccc(Cc2ccccc2)n1. The molecule has 0 aliphatic carbocycles. The molecule has 0 bridgehead atoms. The van der Waals surface area contributed by atoms with Crippen LogP contribution in [0, 0.1) is 0 Å². The van der Waals surface area contributed by atoms with Gasteiger partial charge in [-0.15, -0.1) is 0 Å². The van der Waals surface area contributed by atoms with Gasteiger partial charge in [0, 0.05) is 31.1 Å². The van der Waals surface area contributed by atoms with Crippen LogP contribution in [0.4, 0.5) is 0 Å². The minimum atomic E-state index is 0.0740. The fourth-order valence-corrected chi connectivity index (χ4v) is 3.74. The molecular formula is C23H23N3O. The summed E-state index contributed by atoms with van der Waals surface area (Å²) < 4.78 is 0. The van der Waals surface area contributed by atoms with Crippen molar-refractivity contribution < 1.29 is 4.79 Å². The number of likely N-dealkylation sites (tertiary alicyclic amines) is 1. The number of hydrogen-bond donors (Lipinski definition) is 0. The number of rotatable bonds is 5. The second-order valence-electron chi connectivity index (χ2n) is 7.00. The molecule has 1 atom stereocenters. The number of benzene rings is 1. The van der Waals surface area contributed by atoms with Crippen LogP contribution in [-0.4, -0.2) is 27.3 Å². The molecule has 1 saturated heterocycles. The fraction of sp³-hybridized carbons (Fsp3) is 0.261. The maximum Gasteiger partial charge on any atom is 0.227 e. The van der Waals surface area contributed by atoms with E-state index in [1.807, 2.05) is 23.1 Å². The van der Waals surface area contributed by atoms with Gasteiger partial charge in [-0.1, -0.05) is 42.5 Å². The predicted octanol–water partition coefficient (Wildman–Crippen LogP) is 3.97. The topological polar surface area (TPSA) is 46.1 Å². The minimum absolute atomic E-state index is 0.0740. The van der Waals surface area contributed by atoms with E-state index in [0.29, 0.717) is 6.42 Å².